The fourth-order valence-electron chi connectivity index (χ4n) is 4.27. The molecule has 2 saturated heterocycles. The van der Waals surface area contributed by atoms with Gasteiger partial charge in [-0.15, -0.1) is 0 Å². The van der Waals surface area contributed by atoms with Crippen molar-refractivity contribution in [3.05, 3.63) is 65.2 Å². The molecule has 6 nitrogen and oxygen atoms in total. The summed E-state index contributed by atoms with van der Waals surface area (Å²) >= 11 is 0. The molecule has 0 saturated carbocycles. The van der Waals surface area contributed by atoms with E-state index in [0.29, 0.717) is 12.6 Å². The van der Waals surface area contributed by atoms with E-state index in [0.717, 1.165) is 42.8 Å². The van der Waals surface area contributed by atoms with Gasteiger partial charge in [-0.25, -0.2) is 4.79 Å². The minimum absolute atomic E-state index is 0.159. The van der Waals surface area contributed by atoms with Crippen LogP contribution in [-0.2, 0) is 11.4 Å². The number of carbonyl (C=O) groups is 2. The van der Waals surface area contributed by atoms with Crippen molar-refractivity contribution in [2.45, 2.75) is 51.4 Å². The Hall–Kier alpha value is -3.07. The van der Waals surface area contributed by atoms with Gasteiger partial charge in [0.05, 0.1) is 0 Å². The molecule has 0 spiro atoms. The molecule has 2 fully saturated rings. The zero-order valence-corrected chi connectivity index (χ0v) is 19.8. The van der Waals surface area contributed by atoms with Crippen LogP contribution in [0.5, 0.6) is 5.75 Å². The van der Waals surface area contributed by atoms with E-state index in [4.69, 9.17) is 14.6 Å². The van der Waals surface area contributed by atoms with Gasteiger partial charge in [0, 0.05) is 24.7 Å². The number of hydrogen-bond acceptors (Lipinski definition) is 4. The molecule has 190 valence electrons. The molecule has 2 aromatic carbocycles. The number of amides is 1. The Labute approximate surface area is 203 Å². The number of rotatable bonds is 6. The van der Waals surface area contributed by atoms with Crippen molar-refractivity contribution in [2.75, 3.05) is 26.2 Å². The van der Waals surface area contributed by atoms with Gasteiger partial charge in [0.25, 0.3) is 5.91 Å². The van der Waals surface area contributed by atoms with Gasteiger partial charge in [-0.3, -0.25) is 4.79 Å². The van der Waals surface area contributed by atoms with Crippen LogP contribution >= 0.6 is 0 Å². The van der Waals surface area contributed by atoms with Crippen molar-refractivity contribution in [2.24, 2.45) is 0 Å². The van der Waals surface area contributed by atoms with Crippen LogP contribution < -0.4 is 4.74 Å². The highest BCUT2D eigenvalue weighted by Gasteiger charge is 2.38. The van der Waals surface area contributed by atoms with Crippen molar-refractivity contribution in [1.29, 1.82) is 0 Å². The summed E-state index contributed by atoms with van der Waals surface area (Å²) in [5.41, 5.74) is 3.15. The number of aryl methyl sites for hydroxylation is 1. The molecule has 1 amide bonds. The lowest BCUT2D eigenvalue weighted by atomic mass is 10.1. The molecule has 0 aromatic heterocycles. The van der Waals surface area contributed by atoms with E-state index >= 15 is 0 Å². The fourth-order valence-corrected chi connectivity index (χ4v) is 4.27. The maximum atomic E-state index is 13.0. The predicted molar refractivity (Wildman–Crippen MR) is 125 cm³/mol. The number of likely N-dealkylation sites (tertiary alicyclic amines) is 2. The number of benzene rings is 2. The van der Waals surface area contributed by atoms with Crippen molar-refractivity contribution >= 4 is 11.9 Å². The third-order valence-electron chi connectivity index (χ3n) is 6.18. The van der Waals surface area contributed by atoms with Crippen molar-refractivity contribution in [3.8, 4) is 5.75 Å². The Morgan fingerprint density at radius 3 is 2.14 bits per heavy atom. The average Bonchev–Trinajstić information content (AvgIpc) is 3.51. The van der Waals surface area contributed by atoms with Crippen LogP contribution in [0.25, 0.3) is 0 Å². The third-order valence-corrected chi connectivity index (χ3v) is 6.18. The molecule has 0 unspecified atom stereocenters. The highest BCUT2D eigenvalue weighted by atomic mass is 19.4. The van der Waals surface area contributed by atoms with Crippen LogP contribution in [0.3, 0.4) is 0 Å². The van der Waals surface area contributed by atoms with Gasteiger partial charge in [-0.2, -0.15) is 13.2 Å². The molecule has 0 radical (unpaired) electrons. The number of hydrogen-bond donors (Lipinski definition) is 1. The van der Waals surface area contributed by atoms with Crippen LogP contribution in [0.1, 0.15) is 47.2 Å². The van der Waals surface area contributed by atoms with Crippen LogP contribution in [0.4, 0.5) is 13.2 Å². The van der Waals surface area contributed by atoms with Crippen molar-refractivity contribution in [1.82, 2.24) is 9.80 Å². The van der Waals surface area contributed by atoms with Gasteiger partial charge in [0.1, 0.15) is 12.4 Å². The molecular formula is C26H31F3N2O4. The number of halogens is 3. The molecule has 2 heterocycles. The lowest BCUT2D eigenvalue weighted by molar-refractivity contribution is -0.192. The second-order valence-electron chi connectivity index (χ2n) is 8.90. The third kappa shape index (κ3) is 7.99. The van der Waals surface area contributed by atoms with E-state index in [2.05, 4.69) is 41.0 Å². The van der Waals surface area contributed by atoms with Gasteiger partial charge >= 0.3 is 12.1 Å². The van der Waals surface area contributed by atoms with Gasteiger partial charge in [0.15, 0.2) is 0 Å². The second-order valence-corrected chi connectivity index (χ2v) is 8.90. The Balaban J connectivity index is 0.000000429. The number of carbonyl (C=O) groups excluding carboxylic acids is 1. The molecule has 4 rings (SSSR count). The summed E-state index contributed by atoms with van der Waals surface area (Å²) in [6.45, 7) is 6.90. The number of carboxylic acids is 1. The zero-order valence-electron chi connectivity index (χ0n) is 19.8. The van der Waals surface area contributed by atoms with Crippen LogP contribution in [-0.4, -0.2) is 65.2 Å². The fraction of sp³-hybridized carbons (Fsp3) is 0.462. The van der Waals surface area contributed by atoms with E-state index in [9.17, 15) is 18.0 Å². The van der Waals surface area contributed by atoms with E-state index < -0.39 is 12.1 Å². The Morgan fingerprint density at radius 1 is 0.971 bits per heavy atom. The molecular weight excluding hydrogens is 461 g/mol. The highest BCUT2D eigenvalue weighted by Crippen LogP contribution is 2.24. The van der Waals surface area contributed by atoms with Crippen molar-refractivity contribution in [3.63, 3.8) is 0 Å². The summed E-state index contributed by atoms with van der Waals surface area (Å²) in [7, 11) is 0. The molecule has 9 heteroatoms. The smallest absolute Gasteiger partial charge is 0.489 e. The van der Waals surface area contributed by atoms with Crippen LogP contribution in [0, 0.1) is 6.92 Å². The summed E-state index contributed by atoms with van der Waals surface area (Å²) in [4.78, 5) is 26.5. The highest BCUT2D eigenvalue weighted by molar-refractivity contribution is 5.94. The molecule has 0 aliphatic carbocycles. The maximum Gasteiger partial charge on any atom is 0.490 e. The quantitative estimate of drug-likeness (QED) is 0.621. The topological polar surface area (TPSA) is 70.1 Å². The monoisotopic (exact) mass is 492 g/mol. The van der Waals surface area contributed by atoms with Gasteiger partial charge in [0.2, 0.25) is 0 Å². The molecule has 2 aliphatic heterocycles. The van der Waals surface area contributed by atoms with Crippen LogP contribution in [0.15, 0.2) is 48.5 Å². The second kappa shape index (κ2) is 12.1. The molecule has 2 aromatic rings. The Kier molecular flexibility index (Phi) is 9.14. The predicted octanol–water partition coefficient (Wildman–Crippen LogP) is 4.91. The lowest BCUT2D eigenvalue weighted by Gasteiger charge is -2.28. The summed E-state index contributed by atoms with van der Waals surface area (Å²) in [6, 6.07) is 16.3. The zero-order chi connectivity index (χ0) is 25.4. The SMILES string of the molecule is Cc1ccc(COc2ccc(C(=O)N3CCC[C@H]3CN3CCCC3)cc2)cc1.O=C(O)C(F)(F)F. The standard InChI is InChI=1S/C24H30N2O2.C2HF3O2/c1-19-6-8-20(9-7-19)18-28-23-12-10-21(11-13-23)24(27)26-16-4-5-22(26)17-25-14-2-3-15-25;3-2(4,5)1(6)7/h6-13,22H,2-5,14-18H2,1H3;(H,6,7)/t22-;/m0./s1. The number of nitrogens with zero attached hydrogens (tertiary/aromatic N) is 2. The number of carboxylic acid groups (broad SMARTS) is 1. The molecule has 2 aliphatic rings. The number of ether oxygens (including phenoxy) is 1. The minimum atomic E-state index is -5.08. The summed E-state index contributed by atoms with van der Waals surface area (Å²) < 4.78 is 37.6. The van der Waals surface area contributed by atoms with E-state index in [1.54, 1.807) is 0 Å². The minimum Gasteiger partial charge on any atom is -0.489 e. The Bertz CT molecular complexity index is 972. The molecule has 35 heavy (non-hydrogen) atoms. The van der Waals surface area contributed by atoms with Gasteiger partial charge in [-0.1, -0.05) is 29.8 Å². The van der Waals surface area contributed by atoms with Gasteiger partial charge < -0.3 is 19.6 Å². The van der Waals surface area contributed by atoms with E-state index in [-0.39, 0.29) is 5.91 Å². The first-order chi connectivity index (χ1) is 16.6. The van der Waals surface area contributed by atoms with E-state index in [1.165, 1.54) is 31.5 Å². The first-order valence-corrected chi connectivity index (χ1v) is 11.8. The van der Waals surface area contributed by atoms with E-state index in [1.807, 2.05) is 24.3 Å². The maximum absolute atomic E-state index is 13.0. The first kappa shape index (κ1) is 26.5. The number of alkyl halides is 3. The molecule has 1 N–H and O–H groups in total. The summed E-state index contributed by atoms with van der Waals surface area (Å²) in [6.07, 6.45) is -0.253. The summed E-state index contributed by atoms with van der Waals surface area (Å²) in [5, 5.41) is 7.12. The average molecular weight is 493 g/mol. The molecule has 0 bridgehead atoms. The largest absolute Gasteiger partial charge is 0.490 e. The lowest BCUT2D eigenvalue weighted by Crippen LogP contribution is -2.42. The normalized spacial score (nSPS) is 18.2. The number of aliphatic carboxylic acids is 1. The Morgan fingerprint density at radius 2 is 1.57 bits per heavy atom. The van der Waals surface area contributed by atoms with Crippen molar-refractivity contribution < 1.29 is 32.6 Å². The molecule has 1 atom stereocenters. The van der Waals surface area contributed by atoms with Gasteiger partial charge in [-0.05, 0) is 75.5 Å². The first-order valence-electron chi connectivity index (χ1n) is 11.8. The van der Waals surface area contributed by atoms with Crippen LogP contribution in [0.2, 0.25) is 0 Å². The summed E-state index contributed by atoms with van der Waals surface area (Å²) in [5.74, 6) is -1.80.